The second kappa shape index (κ2) is 6.21. The van der Waals surface area contributed by atoms with Crippen molar-refractivity contribution in [3.05, 3.63) is 16.7 Å². The summed E-state index contributed by atoms with van der Waals surface area (Å²) in [4.78, 5) is 14.8. The van der Waals surface area contributed by atoms with Crippen LogP contribution in [-0.4, -0.2) is 32.8 Å². The molecule has 1 aromatic heterocycles. The summed E-state index contributed by atoms with van der Waals surface area (Å²) in [6.07, 6.45) is 1.53. The number of pyridine rings is 1. The van der Waals surface area contributed by atoms with Crippen molar-refractivity contribution in [1.29, 1.82) is 0 Å². The number of nitrogen functional groups attached to an aromatic ring is 1. The van der Waals surface area contributed by atoms with Crippen LogP contribution >= 0.6 is 28.3 Å². The van der Waals surface area contributed by atoms with Gasteiger partial charge in [0.15, 0.2) is 5.60 Å². The second-order valence-electron chi connectivity index (χ2n) is 3.91. The first-order chi connectivity index (χ1) is 7.75. The minimum atomic E-state index is -1.89. The predicted octanol–water partition coefficient (Wildman–Crippen LogP) is 1.48. The number of rotatable bonds is 4. The lowest BCUT2D eigenvalue weighted by Gasteiger charge is -2.27. The number of aliphatic carboxylic acids is 1. The Kier molecular flexibility index (Phi) is 5.85. The number of anilines is 2. The third kappa shape index (κ3) is 3.72. The van der Waals surface area contributed by atoms with Crippen molar-refractivity contribution in [3.63, 3.8) is 0 Å². The van der Waals surface area contributed by atoms with Crippen molar-refractivity contribution < 1.29 is 15.0 Å². The van der Waals surface area contributed by atoms with E-state index >= 15 is 0 Å². The maximum absolute atomic E-state index is 10.9. The van der Waals surface area contributed by atoms with Gasteiger partial charge in [-0.2, -0.15) is 0 Å². The average molecular weight is 341 g/mol. The first kappa shape index (κ1) is 16.9. The van der Waals surface area contributed by atoms with Crippen LogP contribution in [-0.2, 0) is 4.79 Å². The number of halogens is 2. The Balaban J connectivity index is 0.00000289. The number of carboxylic acids is 1. The van der Waals surface area contributed by atoms with Gasteiger partial charge in [0.2, 0.25) is 0 Å². The van der Waals surface area contributed by atoms with Crippen LogP contribution in [0.3, 0.4) is 0 Å². The highest BCUT2D eigenvalue weighted by Crippen LogP contribution is 2.23. The van der Waals surface area contributed by atoms with E-state index in [1.165, 1.54) is 13.1 Å². The van der Waals surface area contributed by atoms with Crippen LogP contribution in [0.4, 0.5) is 11.5 Å². The number of aliphatic hydroxyl groups is 1. The molecule has 0 amide bonds. The van der Waals surface area contributed by atoms with Crippen LogP contribution in [0.25, 0.3) is 0 Å². The minimum Gasteiger partial charge on any atom is -0.479 e. The summed E-state index contributed by atoms with van der Waals surface area (Å²) < 4.78 is 0.705. The van der Waals surface area contributed by atoms with Crippen LogP contribution in [0, 0.1) is 0 Å². The Morgan fingerprint density at radius 1 is 1.67 bits per heavy atom. The SMILES string of the molecule is CC(Nc1cc(Br)cnc1N)C(C)(O)C(=O)O.Cl. The van der Waals surface area contributed by atoms with Crippen LogP contribution in [0.5, 0.6) is 0 Å². The van der Waals surface area contributed by atoms with Crippen molar-refractivity contribution in [2.24, 2.45) is 0 Å². The standard InChI is InChI=1S/C10H14BrN3O3.ClH/c1-5(10(2,17)9(15)16)14-7-3-6(11)4-13-8(7)12;/h3-5,14,17H,1-2H3,(H2,12,13)(H,15,16);1H. The zero-order valence-corrected chi connectivity index (χ0v) is 12.2. The molecule has 0 aliphatic heterocycles. The molecule has 8 heteroatoms. The molecule has 0 bridgehead atoms. The van der Waals surface area contributed by atoms with E-state index in [2.05, 4.69) is 26.2 Å². The Bertz CT molecular complexity index is 442. The van der Waals surface area contributed by atoms with Crippen molar-refractivity contribution in [2.45, 2.75) is 25.5 Å². The number of nitrogens with zero attached hydrogens (tertiary/aromatic N) is 1. The van der Waals surface area contributed by atoms with Gasteiger partial charge < -0.3 is 21.3 Å². The van der Waals surface area contributed by atoms with Gasteiger partial charge >= 0.3 is 5.97 Å². The van der Waals surface area contributed by atoms with E-state index < -0.39 is 17.6 Å². The van der Waals surface area contributed by atoms with Crippen molar-refractivity contribution >= 4 is 45.8 Å². The zero-order valence-electron chi connectivity index (χ0n) is 9.85. The number of nitrogens with two attached hydrogens (primary N) is 1. The Labute approximate surface area is 119 Å². The number of aromatic nitrogens is 1. The molecule has 0 aromatic carbocycles. The number of carboxylic acid groups (broad SMARTS) is 1. The summed E-state index contributed by atoms with van der Waals surface area (Å²) in [5.74, 6) is -1.07. The van der Waals surface area contributed by atoms with Crippen LogP contribution in [0.1, 0.15) is 13.8 Å². The fourth-order valence-corrected chi connectivity index (χ4v) is 1.46. The van der Waals surface area contributed by atoms with E-state index in [1.807, 2.05) is 0 Å². The summed E-state index contributed by atoms with van der Waals surface area (Å²) >= 11 is 3.23. The molecule has 18 heavy (non-hydrogen) atoms. The summed E-state index contributed by atoms with van der Waals surface area (Å²) in [6.45, 7) is 2.77. The number of hydrogen-bond acceptors (Lipinski definition) is 5. The maximum atomic E-state index is 10.9. The smallest absolute Gasteiger partial charge is 0.337 e. The van der Waals surface area contributed by atoms with Gasteiger partial charge in [-0.15, -0.1) is 12.4 Å². The van der Waals surface area contributed by atoms with E-state index in [-0.39, 0.29) is 18.2 Å². The molecule has 0 saturated carbocycles. The molecule has 0 aliphatic rings. The number of nitrogens with one attached hydrogen (secondary N) is 1. The van der Waals surface area contributed by atoms with Crippen LogP contribution < -0.4 is 11.1 Å². The Morgan fingerprint density at radius 2 is 2.22 bits per heavy atom. The lowest BCUT2D eigenvalue weighted by molar-refractivity contribution is -0.157. The molecular weight excluding hydrogens is 325 g/mol. The fraction of sp³-hybridized carbons (Fsp3) is 0.400. The van der Waals surface area contributed by atoms with Gasteiger partial charge in [0, 0.05) is 10.7 Å². The Hall–Kier alpha value is -1.05. The maximum Gasteiger partial charge on any atom is 0.337 e. The molecule has 0 spiro atoms. The minimum absolute atomic E-state index is 0. The monoisotopic (exact) mass is 339 g/mol. The zero-order chi connectivity index (χ0) is 13.2. The van der Waals surface area contributed by atoms with Crippen molar-refractivity contribution in [2.75, 3.05) is 11.1 Å². The van der Waals surface area contributed by atoms with Crippen LogP contribution in [0.2, 0.25) is 0 Å². The normalized spacial score (nSPS) is 15.1. The van der Waals surface area contributed by atoms with E-state index in [4.69, 9.17) is 10.8 Å². The highest BCUT2D eigenvalue weighted by molar-refractivity contribution is 9.10. The summed E-state index contributed by atoms with van der Waals surface area (Å²) in [5.41, 5.74) is 4.21. The van der Waals surface area contributed by atoms with E-state index in [0.717, 1.165) is 0 Å². The van der Waals surface area contributed by atoms with Crippen molar-refractivity contribution in [3.8, 4) is 0 Å². The molecule has 0 fully saturated rings. The number of carbonyl (C=O) groups is 1. The molecular formula is C10H15BrClN3O3. The van der Waals surface area contributed by atoms with Gasteiger partial charge in [-0.25, -0.2) is 9.78 Å². The molecule has 0 saturated heterocycles. The molecule has 2 unspecified atom stereocenters. The Morgan fingerprint density at radius 3 is 2.72 bits per heavy atom. The van der Waals surface area contributed by atoms with E-state index in [9.17, 15) is 9.90 Å². The molecule has 5 N–H and O–H groups in total. The largest absolute Gasteiger partial charge is 0.479 e. The van der Waals surface area contributed by atoms with Crippen LogP contribution in [0.15, 0.2) is 16.7 Å². The molecule has 102 valence electrons. The average Bonchev–Trinajstić information content (AvgIpc) is 2.23. The third-order valence-electron chi connectivity index (χ3n) is 2.53. The van der Waals surface area contributed by atoms with Gasteiger partial charge in [-0.1, -0.05) is 0 Å². The molecule has 1 heterocycles. The molecule has 2 atom stereocenters. The highest BCUT2D eigenvalue weighted by Gasteiger charge is 2.36. The van der Waals surface area contributed by atoms with Gasteiger partial charge in [-0.05, 0) is 35.8 Å². The molecule has 1 aromatic rings. The van der Waals surface area contributed by atoms with Gasteiger partial charge in [0.1, 0.15) is 5.82 Å². The lowest BCUT2D eigenvalue weighted by Crippen LogP contribution is -2.49. The lowest BCUT2D eigenvalue weighted by atomic mass is 9.98. The molecule has 0 aliphatic carbocycles. The van der Waals surface area contributed by atoms with E-state index in [1.54, 1.807) is 13.0 Å². The van der Waals surface area contributed by atoms with E-state index in [0.29, 0.717) is 10.2 Å². The first-order valence-corrected chi connectivity index (χ1v) is 5.67. The molecule has 0 radical (unpaired) electrons. The fourth-order valence-electron chi connectivity index (χ4n) is 1.12. The summed E-state index contributed by atoms with van der Waals surface area (Å²) in [6, 6.07) is 0.940. The molecule has 1 rings (SSSR count). The van der Waals surface area contributed by atoms with Crippen molar-refractivity contribution in [1.82, 2.24) is 4.98 Å². The molecule has 6 nitrogen and oxygen atoms in total. The quantitative estimate of drug-likeness (QED) is 0.661. The highest BCUT2D eigenvalue weighted by atomic mass is 79.9. The first-order valence-electron chi connectivity index (χ1n) is 4.88. The van der Waals surface area contributed by atoms with Gasteiger partial charge in [0.25, 0.3) is 0 Å². The summed E-state index contributed by atoms with van der Waals surface area (Å²) in [5, 5.41) is 21.4. The topological polar surface area (TPSA) is 108 Å². The van der Waals surface area contributed by atoms with Gasteiger partial charge in [0.05, 0.1) is 11.7 Å². The second-order valence-corrected chi connectivity index (χ2v) is 4.82. The third-order valence-corrected chi connectivity index (χ3v) is 2.97. The van der Waals surface area contributed by atoms with Gasteiger partial charge in [-0.3, -0.25) is 0 Å². The number of hydrogen-bond donors (Lipinski definition) is 4. The predicted molar refractivity (Wildman–Crippen MR) is 74.9 cm³/mol. The summed E-state index contributed by atoms with van der Waals surface area (Å²) in [7, 11) is 0.